The minimum absolute atomic E-state index is 0.259. The highest BCUT2D eigenvalue weighted by atomic mass is 16.5. The molecule has 0 unspecified atom stereocenters. The van der Waals surface area contributed by atoms with E-state index in [4.69, 9.17) is 4.74 Å². The monoisotopic (exact) mass is 243 g/mol. The molecule has 1 aromatic carbocycles. The van der Waals surface area contributed by atoms with Gasteiger partial charge in [-0.05, 0) is 49.4 Å². The van der Waals surface area contributed by atoms with Crippen molar-refractivity contribution in [2.75, 3.05) is 7.11 Å². The number of methoxy groups -OCH3 is 1. The summed E-state index contributed by atoms with van der Waals surface area (Å²) in [5, 5.41) is 1.22. The van der Waals surface area contributed by atoms with Gasteiger partial charge in [-0.3, -0.25) is 0 Å². The summed E-state index contributed by atoms with van der Waals surface area (Å²) < 4.78 is 7.06. The van der Waals surface area contributed by atoms with Gasteiger partial charge in [0.2, 0.25) is 0 Å². The van der Waals surface area contributed by atoms with Crippen LogP contribution in [0.1, 0.15) is 34.5 Å². The Hall–Kier alpha value is -1.77. The number of carbonyl (C=O) groups is 1. The molecule has 2 aromatic rings. The molecule has 1 aliphatic rings. The van der Waals surface area contributed by atoms with Crippen LogP contribution in [0.3, 0.4) is 0 Å². The van der Waals surface area contributed by atoms with Crippen LogP contribution in [0, 0.1) is 0 Å². The van der Waals surface area contributed by atoms with Crippen LogP contribution in [0.4, 0.5) is 0 Å². The summed E-state index contributed by atoms with van der Waals surface area (Å²) in [6, 6.07) is 5.85. The molecular formula is C15H17NO2. The minimum Gasteiger partial charge on any atom is -0.465 e. The Morgan fingerprint density at radius 1 is 1.28 bits per heavy atom. The van der Waals surface area contributed by atoms with Gasteiger partial charge < -0.3 is 9.30 Å². The topological polar surface area (TPSA) is 31.2 Å². The molecule has 0 aliphatic heterocycles. The third-order valence-electron chi connectivity index (χ3n) is 3.95. The van der Waals surface area contributed by atoms with Crippen LogP contribution in [0.25, 0.3) is 10.9 Å². The van der Waals surface area contributed by atoms with E-state index in [0.717, 1.165) is 12.8 Å². The molecule has 18 heavy (non-hydrogen) atoms. The van der Waals surface area contributed by atoms with Crippen LogP contribution in [-0.2, 0) is 24.6 Å². The Labute approximate surface area is 106 Å². The fourth-order valence-electron chi connectivity index (χ4n) is 3.01. The lowest BCUT2D eigenvalue weighted by atomic mass is 9.95. The van der Waals surface area contributed by atoms with E-state index in [0.29, 0.717) is 5.56 Å². The second-order valence-corrected chi connectivity index (χ2v) is 4.91. The van der Waals surface area contributed by atoms with Crippen molar-refractivity contribution >= 4 is 16.9 Å². The molecule has 3 heteroatoms. The highest BCUT2D eigenvalue weighted by Gasteiger charge is 2.19. The van der Waals surface area contributed by atoms with Gasteiger partial charge in [-0.25, -0.2) is 4.79 Å². The Morgan fingerprint density at radius 3 is 2.83 bits per heavy atom. The number of carbonyl (C=O) groups excluding carboxylic acids is 1. The fraction of sp³-hybridized carbons (Fsp3) is 0.400. The number of hydrogen-bond donors (Lipinski definition) is 0. The van der Waals surface area contributed by atoms with Crippen LogP contribution in [0.5, 0.6) is 0 Å². The fourth-order valence-corrected chi connectivity index (χ4v) is 3.01. The Balaban J connectivity index is 2.24. The smallest absolute Gasteiger partial charge is 0.337 e. The number of esters is 1. The lowest BCUT2D eigenvalue weighted by molar-refractivity contribution is 0.0601. The van der Waals surface area contributed by atoms with E-state index in [-0.39, 0.29) is 5.97 Å². The first-order chi connectivity index (χ1) is 8.72. The van der Waals surface area contributed by atoms with Crippen LogP contribution < -0.4 is 0 Å². The van der Waals surface area contributed by atoms with Crippen LogP contribution >= 0.6 is 0 Å². The highest BCUT2D eigenvalue weighted by molar-refractivity contribution is 5.96. The Kier molecular flexibility index (Phi) is 2.62. The van der Waals surface area contributed by atoms with E-state index in [1.54, 1.807) is 0 Å². The normalized spacial score (nSPS) is 14.6. The maximum absolute atomic E-state index is 11.6. The molecule has 0 bridgehead atoms. The van der Waals surface area contributed by atoms with Gasteiger partial charge in [0.15, 0.2) is 0 Å². The van der Waals surface area contributed by atoms with E-state index in [1.807, 2.05) is 18.2 Å². The van der Waals surface area contributed by atoms with Crippen molar-refractivity contribution in [2.24, 2.45) is 7.05 Å². The van der Waals surface area contributed by atoms with Gasteiger partial charge in [0.1, 0.15) is 0 Å². The van der Waals surface area contributed by atoms with Crippen molar-refractivity contribution in [2.45, 2.75) is 25.7 Å². The number of nitrogens with zero attached hydrogens (tertiary/aromatic N) is 1. The summed E-state index contributed by atoms with van der Waals surface area (Å²) >= 11 is 0. The molecule has 0 fully saturated rings. The second kappa shape index (κ2) is 4.16. The maximum atomic E-state index is 11.6. The molecule has 0 radical (unpaired) electrons. The SMILES string of the molecule is COC(=O)c1ccc2c(c1)c1c(n2C)CCCC1. The van der Waals surface area contributed by atoms with Gasteiger partial charge in [-0.15, -0.1) is 0 Å². The summed E-state index contributed by atoms with van der Waals surface area (Å²) in [5.74, 6) is -0.259. The number of aryl methyl sites for hydroxylation is 2. The van der Waals surface area contributed by atoms with Gasteiger partial charge in [0.25, 0.3) is 0 Å². The van der Waals surface area contributed by atoms with Crippen LogP contribution in [-0.4, -0.2) is 17.6 Å². The summed E-state index contributed by atoms with van der Waals surface area (Å²) in [6.45, 7) is 0. The highest BCUT2D eigenvalue weighted by Crippen LogP contribution is 2.32. The first-order valence-electron chi connectivity index (χ1n) is 6.41. The molecule has 3 nitrogen and oxygen atoms in total. The first kappa shape index (κ1) is 11.3. The van der Waals surface area contributed by atoms with Crippen molar-refractivity contribution in [3.05, 3.63) is 35.0 Å². The molecule has 0 saturated carbocycles. The molecule has 0 N–H and O–H groups in total. The number of ether oxygens (including phenoxy) is 1. The van der Waals surface area contributed by atoms with Crippen molar-refractivity contribution in [1.29, 1.82) is 0 Å². The zero-order valence-electron chi connectivity index (χ0n) is 10.8. The molecule has 0 atom stereocenters. The van der Waals surface area contributed by atoms with Crippen molar-refractivity contribution in [3.8, 4) is 0 Å². The minimum atomic E-state index is -0.259. The molecule has 0 amide bonds. The largest absolute Gasteiger partial charge is 0.465 e. The zero-order valence-corrected chi connectivity index (χ0v) is 10.8. The van der Waals surface area contributed by atoms with Crippen LogP contribution in [0.15, 0.2) is 18.2 Å². The number of benzene rings is 1. The lowest BCUT2D eigenvalue weighted by Gasteiger charge is -2.12. The van der Waals surface area contributed by atoms with E-state index in [2.05, 4.69) is 11.6 Å². The average molecular weight is 243 g/mol. The van der Waals surface area contributed by atoms with E-state index in [1.165, 1.54) is 42.1 Å². The van der Waals surface area contributed by atoms with Crippen LogP contribution in [0.2, 0.25) is 0 Å². The predicted molar refractivity (Wildman–Crippen MR) is 70.9 cm³/mol. The van der Waals surface area contributed by atoms with Gasteiger partial charge in [-0.2, -0.15) is 0 Å². The molecule has 1 aromatic heterocycles. The van der Waals surface area contributed by atoms with Gasteiger partial charge >= 0.3 is 5.97 Å². The zero-order chi connectivity index (χ0) is 12.7. The lowest BCUT2D eigenvalue weighted by Crippen LogP contribution is -2.04. The van der Waals surface area contributed by atoms with Gasteiger partial charge in [0.05, 0.1) is 12.7 Å². The summed E-state index contributed by atoms with van der Waals surface area (Å²) in [4.78, 5) is 11.6. The van der Waals surface area contributed by atoms with Gasteiger partial charge in [0, 0.05) is 23.6 Å². The number of aromatic nitrogens is 1. The quantitative estimate of drug-likeness (QED) is 0.721. The number of hydrogen-bond acceptors (Lipinski definition) is 2. The number of rotatable bonds is 1. The summed E-state index contributed by atoms with van der Waals surface area (Å²) in [7, 11) is 3.54. The van der Waals surface area contributed by atoms with E-state index in [9.17, 15) is 4.79 Å². The van der Waals surface area contributed by atoms with E-state index < -0.39 is 0 Å². The van der Waals surface area contributed by atoms with Crippen molar-refractivity contribution < 1.29 is 9.53 Å². The maximum Gasteiger partial charge on any atom is 0.337 e. The number of fused-ring (bicyclic) bond motifs is 3. The van der Waals surface area contributed by atoms with E-state index >= 15 is 0 Å². The second-order valence-electron chi connectivity index (χ2n) is 4.91. The standard InChI is InChI=1S/C15H17NO2/c1-16-13-6-4-3-5-11(13)12-9-10(15(17)18-2)7-8-14(12)16/h7-9H,3-6H2,1-2H3. The van der Waals surface area contributed by atoms with Crippen molar-refractivity contribution in [1.82, 2.24) is 4.57 Å². The molecule has 0 saturated heterocycles. The molecule has 1 heterocycles. The summed E-state index contributed by atoms with van der Waals surface area (Å²) in [5.41, 5.74) is 4.71. The molecule has 94 valence electrons. The average Bonchev–Trinajstić information content (AvgIpc) is 2.72. The Bertz CT molecular complexity index is 625. The first-order valence-corrected chi connectivity index (χ1v) is 6.41. The molecule has 0 spiro atoms. The molecular weight excluding hydrogens is 226 g/mol. The predicted octanol–water partition coefficient (Wildman–Crippen LogP) is 2.84. The summed E-state index contributed by atoms with van der Waals surface area (Å²) in [6.07, 6.45) is 4.78. The Morgan fingerprint density at radius 2 is 2.06 bits per heavy atom. The third kappa shape index (κ3) is 1.54. The van der Waals surface area contributed by atoms with Gasteiger partial charge in [-0.1, -0.05) is 0 Å². The third-order valence-corrected chi connectivity index (χ3v) is 3.95. The molecule has 3 rings (SSSR count). The van der Waals surface area contributed by atoms with Crippen molar-refractivity contribution in [3.63, 3.8) is 0 Å². The molecule has 1 aliphatic carbocycles.